The Morgan fingerprint density at radius 2 is 1.73 bits per heavy atom. The minimum Gasteiger partial charge on any atom is -0.497 e. The molecule has 0 radical (unpaired) electrons. The van der Waals surface area contributed by atoms with Crippen LogP contribution >= 0.6 is 0 Å². The third kappa shape index (κ3) is 4.23. The van der Waals surface area contributed by atoms with E-state index >= 15 is 0 Å². The highest BCUT2D eigenvalue weighted by atomic mass is 16.5. The molecule has 1 fully saturated rings. The summed E-state index contributed by atoms with van der Waals surface area (Å²) in [5, 5.41) is 0. The van der Waals surface area contributed by atoms with Crippen molar-refractivity contribution in [1.82, 2.24) is 9.80 Å². The monoisotopic (exact) mass is 352 g/mol. The molecule has 26 heavy (non-hydrogen) atoms. The maximum absolute atomic E-state index is 12.6. The van der Waals surface area contributed by atoms with Gasteiger partial charge >= 0.3 is 0 Å². The minimum absolute atomic E-state index is 0.0235. The van der Waals surface area contributed by atoms with Crippen LogP contribution in [0.3, 0.4) is 0 Å². The molecule has 2 aromatic carbocycles. The fourth-order valence-corrected chi connectivity index (χ4v) is 3.14. The highest BCUT2D eigenvalue weighted by Crippen LogP contribution is 2.16. The second-order valence-corrected chi connectivity index (χ2v) is 6.63. The second-order valence-electron chi connectivity index (χ2n) is 6.63. The molecule has 0 N–H and O–H groups in total. The number of amides is 2. The summed E-state index contributed by atoms with van der Waals surface area (Å²) in [5.74, 6) is 0.990. The number of rotatable bonds is 6. The van der Waals surface area contributed by atoms with Crippen LogP contribution in [0.5, 0.6) is 5.75 Å². The number of nitrogens with zero attached hydrogens (tertiary/aromatic N) is 2. The number of hydrogen-bond donors (Lipinski definition) is 0. The lowest BCUT2D eigenvalue weighted by Crippen LogP contribution is -2.26. The Hall–Kier alpha value is -2.82. The number of carbonyl (C=O) groups is 2. The molecule has 136 valence electrons. The first-order valence-corrected chi connectivity index (χ1v) is 8.82. The molecule has 0 atom stereocenters. The van der Waals surface area contributed by atoms with Crippen LogP contribution in [0.2, 0.25) is 0 Å². The standard InChI is InChI=1S/C21H24N2O3/c1-22(14-16-7-11-19(26-2)12-8-16)21(25)18-9-5-17(6-10-18)15-23-13-3-4-20(23)24/h5-12H,3-4,13-15H2,1-2H3. The van der Waals surface area contributed by atoms with Crippen molar-refractivity contribution in [1.29, 1.82) is 0 Å². The number of hydrogen-bond acceptors (Lipinski definition) is 3. The smallest absolute Gasteiger partial charge is 0.253 e. The van der Waals surface area contributed by atoms with Gasteiger partial charge in [0.05, 0.1) is 7.11 Å². The zero-order chi connectivity index (χ0) is 18.5. The Balaban J connectivity index is 1.60. The molecule has 0 saturated carbocycles. The predicted octanol–water partition coefficient (Wildman–Crippen LogP) is 3.09. The first-order chi connectivity index (χ1) is 12.6. The van der Waals surface area contributed by atoms with Crippen LogP contribution in [-0.2, 0) is 17.9 Å². The van der Waals surface area contributed by atoms with Gasteiger partial charge in [-0.1, -0.05) is 24.3 Å². The summed E-state index contributed by atoms with van der Waals surface area (Å²) in [6.45, 7) is 1.98. The van der Waals surface area contributed by atoms with E-state index < -0.39 is 0 Å². The molecule has 1 saturated heterocycles. The molecule has 5 nitrogen and oxygen atoms in total. The van der Waals surface area contributed by atoms with E-state index in [-0.39, 0.29) is 11.8 Å². The van der Waals surface area contributed by atoms with Gasteiger partial charge in [0.15, 0.2) is 0 Å². The van der Waals surface area contributed by atoms with Gasteiger partial charge in [-0.15, -0.1) is 0 Å². The number of ether oxygens (including phenoxy) is 1. The van der Waals surface area contributed by atoms with E-state index in [0.717, 1.165) is 29.8 Å². The molecule has 0 bridgehead atoms. The Morgan fingerprint density at radius 3 is 2.31 bits per heavy atom. The van der Waals surface area contributed by atoms with Crippen LogP contribution in [0.25, 0.3) is 0 Å². The Kier molecular flexibility index (Phi) is 5.56. The van der Waals surface area contributed by atoms with Gasteiger partial charge in [-0.25, -0.2) is 0 Å². The topological polar surface area (TPSA) is 49.9 Å². The quantitative estimate of drug-likeness (QED) is 0.803. The lowest BCUT2D eigenvalue weighted by molar-refractivity contribution is -0.128. The van der Waals surface area contributed by atoms with Gasteiger partial charge in [-0.3, -0.25) is 9.59 Å². The molecule has 2 aromatic rings. The zero-order valence-electron chi connectivity index (χ0n) is 15.3. The van der Waals surface area contributed by atoms with Crippen LogP contribution in [0.4, 0.5) is 0 Å². The molecule has 1 aliphatic rings. The van der Waals surface area contributed by atoms with Gasteiger partial charge in [0.25, 0.3) is 5.91 Å². The number of carbonyl (C=O) groups excluding carboxylic acids is 2. The van der Waals surface area contributed by atoms with E-state index in [9.17, 15) is 9.59 Å². The summed E-state index contributed by atoms with van der Waals surface area (Å²) in [7, 11) is 3.43. The summed E-state index contributed by atoms with van der Waals surface area (Å²) in [5.41, 5.74) is 2.75. The number of methoxy groups -OCH3 is 1. The predicted molar refractivity (Wildman–Crippen MR) is 99.9 cm³/mol. The summed E-state index contributed by atoms with van der Waals surface area (Å²) in [4.78, 5) is 27.9. The van der Waals surface area contributed by atoms with E-state index in [2.05, 4.69) is 0 Å². The Morgan fingerprint density at radius 1 is 1.08 bits per heavy atom. The van der Waals surface area contributed by atoms with Crippen LogP contribution in [-0.4, -0.2) is 42.3 Å². The molecule has 3 rings (SSSR count). The molecule has 0 aliphatic carbocycles. The molecule has 0 unspecified atom stereocenters. The summed E-state index contributed by atoms with van der Waals surface area (Å²) in [6, 6.07) is 15.2. The summed E-state index contributed by atoms with van der Waals surface area (Å²) >= 11 is 0. The second kappa shape index (κ2) is 8.04. The van der Waals surface area contributed by atoms with Crippen molar-refractivity contribution in [2.75, 3.05) is 20.7 Å². The minimum atomic E-state index is -0.0235. The molecule has 1 aliphatic heterocycles. The van der Waals surface area contributed by atoms with Crippen molar-refractivity contribution in [3.63, 3.8) is 0 Å². The SMILES string of the molecule is COc1ccc(CN(C)C(=O)c2ccc(CN3CCCC3=O)cc2)cc1. The van der Waals surface area contributed by atoms with Gasteiger partial charge in [0, 0.05) is 38.7 Å². The van der Waals surface area contributed by atoms with Crippen LogP contribution in [0.15, 0.2) is 48.5 Å². The first-order valence-electron chi connectivity index (χ1n) is 8.82. The largest absolute Gasteiger partial charge is 0.497 e. The van der Waals surface area contributed by atoms with Gasteiger partial charge in [0.1, 0.15) is 5.75 Å². The molecular formula is C21H24N2O3. The van der Waals surface area contributed by atoms with Crippen molar-refractivity contribution < 1.29 is 14.3 Å². The van der Waals surface area contributed by atoms with Crippen molar-refractivity contribution >= 4 is 11.8 Å². The number of benzene rings is 2. The van der Waals surface area contributed by atoms with Crippen molar-refractivity contribution in [3.8, 4) is 5.75 Å². The lowest BCUT2D eigenvalue weighted by atomic mass is 10.1. The van der Waals surface area contributed by atoms with Gasteiger partial charge in [-0.05, 0) is 41.8 Å². The Bertz CT molecular complexity index is 769. The van der Waals surface area contributed by atoms with E-state index in [1.807, 2.05) is 53.4 Å². The van der Waals surface area contributed by atoms with E-state index in [1.54, 1.807) is 19.1 Å². The first kappa shape index (κ1) is 18.0. The molecule has 2 amide bonds. The zero-order valence-corrected chi connectivity index (χ0v) is 15.3. The maximum Gasteiger partial charge on any atom is 0.253 e. The van der Waals surface area contributed by atoms with Gasteiger partial charge in [-0.2, -0.15) is 0 Å². The summed E-state index contributed by atoms with van der Waals surface area (Å²) in [6.07, 6.45) is 1.58. The Labute approximate surface area is 154 Å². The number of likely N-dealkylation sites (tertiary alicyclic amines) is 1. The van der Waals surface area contributed by atoms with Gasteiger partial charge < -0.3 is 14.5 Å². The molecule has 0 spiro atoms. The average molecular weight is 352 g/mol. The van der Waals surface area contributed by atoms with Crippen molar-refractivity contribution in [2.24, 2.45) is 0 Å². The molecule has 1 heterocycles. The fraction of sp³-hybridized carbons (Fsp3) is 0.333. The van der Waals surface area contributed by atoms with Crippen LogP contribution < -0.4 is 4.74 Å². The van der Waals surface area contributed by atoms with Crippen molar-refractivity contribution in [3.05, 3.63) is 65.2 Å². The lowest BCUT2D eigenvalue weighted by Gasteiger charge is -2.18. The molecular weight excluding hydrogens is 328 g/mol. The van der Waals surface area contributed by atoms with E-state index in [1.165, 1.54) is 0 Å². The molecule has 0 aromatic heterocycles. The summed E-state index contributed by atoms with van der Waals surface area (Å²) < 4.78 is 5.15. The third-order valence-electron chi connectivity index (χ3n) is 4.67. The third-order valence-corrected chi connectivity index (χ3v) is 4.67. The van der Waals surface area contributed by atoms with Crippen LogP contribution in [0, 0.1) is 0 Å². The molecule has 5 heteroatoms. The van der Waals surface area contributed by atoms with Crippen molar-refractivity contribution in [2.45, 2.75) is 25.9 Å². The maximum atomic E-state index is 12.6. The highest BCUT2D eigenvalue weighted by Gasteiger charge is 2.20. The van der Waals surface area contributed by atoms with Crippen LogP contribution in [0.1, 0.15) is 34.3 Å². The van der Waals surface area contributed by atoms with Gasteiger partial charge in [0.2, 0.25) is 5.91 Å². The average Bonchev–Trinajstić information content (AvgIpc) is 3.07. The normalized spacial score (nSPS) is 13.8. The fourth-order valence-electron chi connectivity index (χ4n) is 3.14. The van der Waals surface area contributed by atoms with E-state index in [0.29, 0.717) is 25.1 Å². The highest BCUT2D eigenvalue weighted by molar-refractivity contribution is 5.94. The van der Waals surface area contributed by atoms with E-state index in [4.69, 9.17) is 4.74 Å².